The highest BCUT2D eigenvalue weighted by Gasteiger charge is 2.19. The van der Waals surface area contributed by atoms with Gasteiger partial charge in [-0.25, -0.2) is 9.78 Å². The van der Waals surface area contributed by atoms with Crippen molar-refractivity contribution in [1.29, 1.82) is 0 Å². The zero-order chi connectivity index (χ0) is 15.3. The van der Waals surface area contributed by atoms with E-state index in [1.807, 2.05) is 6.92 Å². The lowest BCUT2D eigenvalue weighted by Gasteiger charge is -2.01. The predicted octanol–water partition coefficient (Wildman–Crippen LogP) is 1.46. The molecule has 0 atom stereocenters. The van der Waals surface area contributed by atoms with Gasteiger partial charge in [-0.1, -0.05) is 0 Å². The fourth-order valence-corrected chi connectivity index (χ4v) is 2.55. The lowest BCUT2D eigenvalue weighted by Crippen LogP contribution is -2.05. The third-order valence-electron chi connectivity index (χ3n) is 3.69. The van der Waals surface area contributed by atoms with Gasteiger partial charge in [0.15, 0.2) is 0 Å². The van der Waals surface area contributed by atoms with E-state index in [-0.39, 0.29) is 12.0 Å². The molecule has 0 aliphatic heterocycles. The summed E-state index contributed by atoms with van der Waals surface area (Å²) < 4.78 is 3.57. The summed E-state index contributed by atoms with van der Waals surface area (Å²) in [6, 6.07) is 4.64. The first-order chi connectivity index (χ1) is 9.90. The first-order valence-corrected chi connectivity index (χ1v) is 6.31. The highest BCUT2D eigenvalue weighted by Crippen LogP contribution is 2.24. The number of aliphatic carboxylic acids is 1. The van der Waals surface area contributed by atoms with Crippen LogP contribution >= 0.6 is 0 Å². The molecule has 0 spiro atoms. The quantitative estimate of drug-likeness (QED) is 0.760. The van der Waals surface area contributed by atoms with Crippen molar-refractivity contribution in [3.63, 3.8) is 0 Å². The average molecular weight is 287 g/mol. The molecule has 0 aliphatic rings. The number of benzene rings is 1. The van der Waals surface area contributed by atoms with E-state index in [2.05, 4.69) is 4.98 Å². The molecule has 0 aliphatic carbocycles. The van der Waals surface area contributed by atoms with Gasteiger partial charge in [-0.3, -0.25) is 9.20 Å². The molecule has 0 radical (unpaired) electrons. The highest BCUT2D eigenvalue weighted by molar-refractivity contribution is 5.93. The average Bonchev–Trinajstić information content (AvgIpc) is 2.89. The zero-order valence-corrected chi connectivity index (χ0v) is 11.5. The highest BCUT2D eigenvalue weighted by atomic mass is 16.4. The molecule has 7 nitrogen and oxygen atoms in total. The summed E-state index contributed by atoms with van der Waals surface area (Å²) in [5.74, 6) is -1.34. The van der Waals surface area contributed by atoms with Crippen molar-refractivity contribution in [2.75, 3.05) is 0 Å². The molecule has 1 aromatic carbocycles. The Morgan fingerprint density at radius 2 is 2.00 bits per heavy atom. The summed E-state index contributed by atoms with van der Waals surface area (Å²) >= 11 is 0. The number of nitrogens with zero attached hydrogens (tertiary/aromatic N) is 3. The second-order valence-corrected chi connectivity index (χ2v) is 4.92. The molecule has 0 bridgehead atoms. The van der Waals surface area contributed by atoms with Gasteiger partial charge in [-0.05, 0) is 25.1 Å². The van der Waals surface area contributed by atoms with Crippen LogP contribution < -0.4 is 0 Å². The van der Waals surface area contributed by atoms with Gasteiger partial charge >= 0.3 is 11.9 Å². The molecule has 0 saturated heterocycles. The van der Waals surface area contributed by atoms with E-state index in [1.165, 1.54) is 12.1 Å². The molecule has 2 heterocycles. The minimum Gasteiger partial charge on any atom is -0.481 e. The second-order valence-electron chi connectivity index (χ2n) is 4.92. The van der Waals surface area contributed by atoms with Gasteiger partial charge in [-0.2, -0.15) is 0 Å². The molecule has 2 N–H and O–H groups in total. The van der Waals surface area contributed by atoms with Crippen LogP contribution in [-0.2, 0) is 18.3 Å². The van der Waals surface area contributed by atoms with E-state index in [0.29, 0.717) is 22.5 Å². The summed E-state index contributed by atoms with van der Waals surface area (Å²) in [5.41, 5.74) is 2.86. The van der Waals surface area contributed by atoms with Crippen LogP contribution in [0.1, 0.15) is 21.7 Å². The molecule has 0 fully saturated rings. The van der Waals surface area contributed by atoms with Crippen molar-refractivity contribution in [2.24, 2.45) is 7.05 Å². The van der Waals surface area contributed by atoms with Crippen molar-refractivity contribution < 1.29 is 19.8 Å². The molecule has 0 unspecified atom stereocenters. The first-order valence-electron chi connectivity index (χ1n) is 6.31. The normalized spacial score (nSPS) is 11.3. The minimum absolute atomic E-state index is 0.116. The van der Waals surface area contributed by atoms with E-state index in [0.717, 1.165) is 5.69 Å². The number of carboxylic acid groups (broad SMARTS) is 2. The van der Waals surface area contributed by atoms with Gasteiger partial charge in [0.1, 0.15) is 0 Å². The van der Waals surface area contributed by atoms with Crippen LogP contribution in [-0.4, -0.2) is 36.1 Å². The molecule has 3 aromatic rings. The van der Waals surface area contributed by atoms with Crippen LogP contribution in [0, 0.1) is 6.92 Å². The molecule has 108 valence electrons. The number of imidazole rings is 2. The number of rotatable bonds is 3. The number of carboxylic acids is 2. The molecule has 3 rings (SSSR count). The first kappa shape index (κ1) is 13.2. The Hall–Kier alpha value is -2.83. The largest absolute Gasteiger partial charge is 0.481 e. The molecule has 0 amide bonds. The maximum atomic E-state index is 11.1. The molecule has 21 heavy (non-hydrogen) atoms. The molecule has 0 saturated carbocycles. The number of hydrogen-bond acceptors (Lipinski definition) is 3. The van der Waals surface area contributed by atoms with Crippen LogP contribution in [0.25, 0.3) is 16.8 Å². The predicted molar refractivity (Wildman–Crippen MR) is 74.7 cm³/mol. The van der Waals surface area contributed by atoms with Gasteiger partial charge < -0.3 is 14.8 Å². The van der Waals surface area contributed by atoms with Crippen molar-refractivity contribution in [1.82, 2.24) is 14.0 Å². The Bertz CT molecular complexity index is 904. The maximum Gasteiger partial charge on any atom is 0.335 e. The number of aromatic carboxylic acids is 1. The molecule has 7 heteroatoms. The van der Waals surface area contributed by atoms with Crippen molar-refractivity contribution in [3.8, 4) is 0 Å². The molecule has 2 aromatic heterocycles. The Labute approximate surface area is 119 Å². The lowest BCUT2D eigenvalue weighted by molar-refractivity contribution is -0.136. The second kappa shape index (κ2) is 4.34. The summed E-state index contributed by atoms with van der Waals surface area (Å²) in [7, 11) is 1.81. The van der Waals surface area contributed by atoms with Crippen LogP contribution in [0.5, 0.6) is 0 Å². The SMILES string of the molecule is Cc1c(CC(=O)O)n2c3ccc(C(=O)O)cc3nc2n1C. The van der Waals surface area contributed by atoms with Crippen LogP contribution in [0.2, 0.25) is 0 Å². The number of aryl methyl sites for hydroxylation is 1. The van der Waals surface area contributed by atoms with Crippen molar-refractivity contribution in [2.45, 2.75) is 13.3 Å². The van der Waals surface area contributed by atoms with E-state index in [9.17, 15) is 9.59 Å². The third kappa shape index (κ3) is 1.85. The lowest BCUT2D eigenvalue weighted by atomic mass is 10.2. The minimum atomic E-state index is -1.02. The third-order valence-corrected chi connectivity index (χ3v) is 3.69. The van der Waals surface area contributed by atoms with Crippen LogP contribution in [0.15, 0.2) is 18.2 Å². The Morgan fingerprint density at radius 1 is 1.29 bits per heavy atom. The van der Waals surface area contributed by atoms with Gasteiger partial charge in [0.25, 0.3) is 0 Å². The van der Waals surface area contributed by atoms with Gasteiger partial charge in [0.2, 0.25) is 5.78 Å². The standard InChI is InChI=1S/C14H13N3O4/c1-7-11(6-12(18)19)17-10-4-3-8(13(20)21)5-9(10)15-14(17)16(7)2/h3-5H,6H2,1-2H3,(H,18,19)(H,20,21). The monoisotopic (exact) mass is 287 g/mol. The van der Waals surface area contributed by atoms with Crippen molar-refractivity contribution >= 4 is 28.7 Å². The topological polar surface area (TPSA) is 96.8 Å². The fourth-order valence-electron chi connectivity index (χ4n) is 2.55. The fraction of sp³-hybridized carbons (Fsp3) is 0.214. The zero-order valence-electron chi connectivity index (χ0n) is 11.5. The van der Waals surface area contributed by atoms with Gasteiger partial charge in [0, 0.05) is 12.7 Å². The van der Waals surface area contributed by atoms with Crippen LogP contribution in [0.3, 0.4) is 0 Å². The van der Waals surface area contributed by atoms with Gasteiger partial charge in [-0.15, -0.1) is 0 Å². The summed E-state index contributed by atoms with van der Waals surface area (Å²) in [4.78, 5) is 26.5. The van der Waals surface area contributed by atoms with Gasteiger partial charge in [0.05, 0.1) is 28.7 Å². The summed E-state index contributed by atoms with van der Waals surface area (Å²) in [6.07, 6.45) is -0.116. The van der Waals surface area contributed by atoms with E-state index < -0.39 is 11.9 Å². The summed E-state index contributed by atoms with van der Waals surface area (Å²) in [5, 5.41) is 18.1. The smallest absolute Gasteiger partial charge is 0.335 e. The van der Waals surface area contributed by atoms with E-state index >= 15 is 0 Å². The molecular formula is C14H13N3O4. The summed E-state index contributed by atoms with van der Waals surface area (Å²) in [6.45, 7) is 1.84. The Morgan fingerprint density at radius 3 is 2.62 bits per heavy atom. The number of fused-ring (bicyclic) bond motifs is 3. The maximum absolute atomic E-state index is 11.1. The van der Waals surface area contributed by atoms with E-state index in [1.54, 1.807) is 22.1 Å². The Kier molecular flexibility index (Phi) is 2.72. The number of hydrogen-bond donors (Lipinski definition) is 2. The number of aromatic nitrogens is 3. The van der Waals surface area contributed by atoms with E-state index in [4.69, 9.17) is 10.2 Å². The number of carbonyl (C=O) groups is 2. The molecular weight excluding hydrogens is 274 g/mol. The Balaban J connectivity index is 2.37. The van der Waals surface area contributed by atoms with Crippen LogP contribution in [0.4, 0.5) is 0 Å². The van der Waals surface area contributed by atoms with Crippen molar-refractivity contribution in [3.05, 3.63) is 35.2 Å².